The van der Waals surface area contributed by atoms with E-state index in [1.165, 1.54) is 0 Å². The van der Waals surface area contributed by atoms with Crippen molar-refractivity contribution in [2.24, 2.45) is 5.73 Å². The van der Waals surface area contributed by atoms with Crippen molar-refractivity contribution in [1.29, 1.82) is 0 Å². The Hall–Kier alpha value is -1.26. The molecule has 0 radical (unpaired) electrons. The van der Waals surface area contributed by atoms with Crippen LogP contribution in [0.4, 0.5) is 0 Å². The largest absolute Gasteiger partial charge is 0.493 e. The van der Waals surface area contributed by atoms with E-state index in [1.54, 1.807) is 14.2 Å². The molecule has 0 aliphatic rings. The summed E-state index contributed by atoms with van der Waals surface area (Å²) in [6.07, 6.45) is 3.03. The molecule has 0 spiro atoms. The quantitative estimate of drug-likeness (QED) is 0.800. The molecule has 21 heavy (non-hydrogen) atoms. The lowest BCUT2D eigenvalue weighted by Gasteiger charge is -2.41. The summed E-state index contributed by atoms with van der Waals surface area (Å²) in [6.45, 7) is 4.34. The number of hydrogen-bond acceptors (Lipinski definition) is 4. The number of benzene rings is 1. The lowest BCUT2D eigenvalue weighted by Crippen LogP contribution is -2.53. The maximum Gasteiger partial charge on any atom is 0.161 e. The molecule has 0 saturated heterocycles. The van der Waals surface area contributed by atoms with Crippen molar-refractivity contribution in [3.8, 4) is 11.5 Å². The van der Waals surface area contributed by atoms with Crippen LogP contribution in [0.15, 0.2) is 18.2 Å². The van der Waals surface area contributed by atoms with Crippen LogP contribution in [-0.4, -0.2) is 39.3 Å². The Balaban J connectivity index is 3.29. The Morgan fingerprint density at radius 2 is 1.76 bits per heavy atom. The van der Waals surface area contributed by atoms with Crippen LogP contribution >= 0.6 is 0 Å². The molecule has 0 heterocycles. The molecule has 0 amide bonds. The zero-order valence-corrected chi connectivity index (χ0v) is 14.3. The SMILES string of the molecule is CCCC(N(C)C)C(N)(CC)c1ccc(OC)c(OC)c1. The van der Waals surface area contributed by atoms with E-state index in [1.807, 2.05) is 12.1 Å². The summed E-state index contributed by atoms with van der Waals surface area (Å²) in [5.74, 6) is 1.46. The Bertz CT molecular complexity index is 448. The number of rotatable bonds is 8. The van der Waals surface area contributed by atoms with Gasteiger partial charge in [-0.1, -0.05) is 26.3 Å². The minimum Gasteiger partial charge on any atom is -0.493 e. The van der Waals surface area contributed by atoms with Crippen molar-refractivity contribution in [3.05, 3.63) is 23.8 Å². The molecule has 120 valence electrons. The van der Waals surface area contributed by atoms with Gasteiger partial charge in [-0.25, -0.2) is 0 Å². The second-order valence-corrected chi connectivity index (χ2v) is 5.73. The second kappa shape index (κ2) is 7.66. The molecular formula is C17H30N2O2. The van der Waals surface area contributed by atoms with Gasteiger partial charge in [0.2, 0.25) is 0 Å². The molecule has 0 saturated carbocycles. The molecule has 2 unspecified atom stereocenters. The predicted octanol–water partition coefficient (Wildman–Crippen LogP) is 3.00. The smallest absolute Gasteiger partial charge is 0.161 e. The zero-order valence-electron chi connectivity index (χ0n) is 14.3. The van der Waals surface area contributed by atoms with Gasteiger partial charge < -0.3 is 20.1 Å². The highest BCUT2D eigenvalue weighted by Gasteiger charge is 2.36. The van der Waals surface area contributed by atoms with Gasteiger partial charge >= 0.3 is 0 Å². The van der Waals surface area contributed by atoms with Gasteiger partial charge in [-0.05, 0) is 44.6 Å². The highest BCUT2D eigenvalue weighted by atomic mass is 16.5. The summed E-state index contributed by atoms with van der Waals surface area (Å²) < 4.78 is 10.7. The average Bonchev–Trinajstić information content (AvgIpc) is 2.50. The van der Waals surface area contributed by atoms with Gasteiger partial charge in [0, 0.05) is 6.04 Å². The molecule has 0 aliphatic heterocycles. The molecule has 1 rings (SSSR count). The van der Waals surface area contributed by atoms with Gasteiger partial charge in [0.25, 0.3) is 0 Å². The summed E-state index contributed by atoms with van der Waals surface area (Å²) in [6, 6.07) is 6.28. The van der Waals surface area contributed by atoms with E-state index < -0.39 is 5.54 Å². The van der Waals surface area contributed by atoms with E-state index in [0.29, 0.717) is 0 Å². The minimum absolute atomic E-state index is 0.283. The summed E-state index contributed by atoms with van der Waals surface area (Å²) in [5.41, 5.74) is 7.52. The van der Waals surface area contributed by atoms with Crippen molar-refractivity contribution in [2.75, 3.05) is 28.3 Å². The van der Waals surface area contributed by atoms with Crippen LogP contribution in [0.1, 0.15) is 38.7 Å². The highest BCUT2D eigenvalue weighted by molar-refractivity contribution is 5.45. The molecule has 0 bridgehead atoms. The van der Waals surface area contributed by atoms with Crippen molar-refractivity contribution >= 4 is 0 Å². The van der Waals surface area contributed by atoms with Gasteiger partial charge in [-0.15, -0.1) is 0 Å². The van der Waals surface area contributed by atoms with E-state index in [0.717, 1.165) is 36.3 Å². The number of methoxy groups -OCH3 is 2. The summed E-state index contributed by atoms with van der Waals surface area (Å²) >= 11 is 0. The first-order valence-corrected chi connectivity index (χ1v) is 7.62. The molecule has 2 N–H and O–H groups in total. The minimum atomic E-state index is -0.404. The van der Waals surface area contributed by atoms with Gasteiger partial charge in [0.1, 0.15) is 0 Å². The molecule has 1 aromatic carbocycles. The van der Waals surface area contributed by atoms with Crippen LogP contribution in [-0.2, 0) is 5.54 Å². The number of nitrogens with zero attached hydrogens (tertiary/aromatic N) is 1. The standard InChI is InChI=1S/C17H30N2O2/c1-7-9-16(19(3)4)17(18,8-2)13-10-11-14(20-5)15(12-13)21-6/h10-12,16H,7-9,18H2,1-6H3. The predicted molar refractivity (Wildman–Crippen MR) is 88.1 cm³/mol. The molecule has 4 heteroatoms. The van der Waals surface area contributed by atoms with E-state index in [4.69, 9.17) is 15.2 Å². The Kier molecular flexibility index (Phi) is 6.49. The molecular weight excluding hydrogens is 264 g/mol. The normalized spacial score (nSPS) is 15.6. The van der Waals surface area contributed by atoms with Gasteiger partial charge in [-0.3, -0.25) is 0 Å². The molecule has 2 atom stereocenters. The number of nitrogens with two attached hydrogens (primary N) is 1. The first kappa shape index (κ1) is 17.8. The van der Waals surface area contributed by atoms with Crippen LogP contribution in [0.2, 0.25) is 0 Å². The average molecular weight is 294 g/mol. The lowest BCUT2D eigenvalue weighted by molar-refractivity contribution is 0.158. The Labute approximate surface area is 129 Å². The fraction of sp³-hybridized carbons (Fsp3) is 0.647. The Morgan fingerprint density at radius 3 is 2.19 bits per heavy atom. The molecule has 0 aromatic heterocycles. The van der Waals surface area contributed by atoms with E-state index >= 15 is 0 Å². The third-order valence-electron chi connectivity index (χ3n) is 4.29. The topological polar surface area (TPSA) is 47.7 Å². The molecule has 4 nitrogen and oxygen atoms in total. The number of ether oxygens (including phenoxy) is 2. The molecule has 0 fully saturated rings. The first-order valence-electron chi connectivity index (χ1n) is 7.62. The Morgan fingerprint density at radius 1 is 1.14 bits per heavy atom. The van der Waals surface area contributed by atoms with Gasteiger partial charge in [0.05, 0.1) is 19.8 Å². The number of hydrogen-bond donors (Lipinski definition) is 1. The van der Waals surface area contributed by atoms with Crippen molar-refractivity contribution in [1.82, 2.24) is 4.90 Å². The first-order chi connectivity index (χ1) is 9.94. The van der Waals surface area contributed by atoms with Crippen LogP contribution < -0.4 is 15.2 Å². The van der Waals surface area contributed by atoms with E-state index in [9.17, 15) is 0 Å². The monoisotopic (exact) mass is 294 g/mol. The lowest BCUT2D eigenvalue weighted by atomic mass is 9.78. The third-order valence-corrected chi connectivity index (χ3v) is 4.29. The van der Waals surface area contributed by atoms with Gasteiger partial charge in [-0.2, -0.15) is 0 Å². The fourth-order valence-electron chi connectivity index (χ4n) is 3.01. The van der Waals surface area contributed by atoms with Crippen molar-refractivity contribution in [2.45, 2.75) is 44.7 Å². The van der Waals surface area contributed by atoms with E-state index in [-0.39, 0.29) is 6.04 Å². The number of likely N-dealkylation sites (N-methyl/N-ethyl adjacent to an activating group) is 1. The highest BCUT2D eigenvalue weighted by Crippen LogP contribution is 2.36. The summed E-state index contributed by atoms with van der Waals surface area (Å²) in [5, 5.41) is 0. The van der Waals surface area contributed by atoms with E-state index in [2.05, 4.69) is 38.9 Å². The van der Waals surface area contributed by atoms with Crippen molar-refractivity contribution in [3.63, 3.8) is 0 Å². The van der Waals surface area contributed by atoms with Gasteiger partial charge in [0.15, 0.2) is 11.5 Å². The van der Waals surface area contributed by atoms with Crippen LogP contribution in [0.25, 0.3) is 0 Å². The second-order valence-electron chi connectivity index (χ2n) is 5.73. The summed E-state index contributed by atoms with van der Waals surface area (Å²) in [7, 11) is 7.49. The maximum absolute atomic E-state index is 6.83. The molecule has 0 aliphatic carbocycles. The summed E-state index contributed by atoms with van der Waals surface area (Å²) in [4.78, 5) is 2.23. The van der Waals surface area contributed by atoms with Crippen molar-refractivity contribution < 1.29 is 9.47 Å². The maximum atomic E-state index is 6.83. The third kappa shape index (κ3) is 3.69. The fourth-order valence-corrected chi connectivity index (χ4v) is 3.01. The zero-order chi connectivity index (χ0) is 16.0. The van der Waals surface area contributed by atoms with Crippen LogP contribution in [0, 0.1) is 0 Å². The van der Waals surface area contributed by atoms with Crippen LogP contribution in [0.3, 0.4) is 0 Å². The molecule has 1 aromatic rings. The van der Waals surface area contributed by atoms with Crippen LogP contribution in [0.5, 0.6) is 11.5 Å².